The Morgan fingerprint density at radius 1 is 1.16 bits per heavy atom. The van der Waals surface area contributed by atoms with E-state index in [1.807, 2.05) is 0 Å². The first-order valence-electron chi connectivity index (χ1n) is 7.04. The Kier molecular flexibility index (Phi) is 4.16. The van der Waals surface area contributed by atoms with Gasteiger partial charge in [0.05, 0.1) is 12.7 Å². The van der Waals surface area contributed by atoms with Crippen molar-refractivity contribution >= 4 is 21.4 Å². The van der Waals surface area contributed by atoms with E-state index in [0.29, 0.717) is 18.6 Å². The van der Waals surface area contributed by atoms with Crippen molar-refractivity contribution in [2.75, 3.05) is 6.61 Å². The topological polar surface area (TPSA) is 29.5 Å². The highest BCUT2D eigenvalue weighted by molar-refractivity contribution is 7.17. The monoisotopic (exact) mass is 276 g/mol. The fourth-order valence-corrected chi connectivity index (χ4v) is 3.78. The third-order valence-corrected chi connectivity index (χ3v) is 5.10. The van der Waals surface area contributed by atoms with E-state index in [2.05, 4.69) is 29.6 Å². The number of hydrogen-bond donors (Lipinski definition) is 1. The van der Waals surface area contributed by atoms with Crippen molar-refractivity contribution in [3.63, 3.8) is 0 Å². The number of benzene rings is 1. The van der Waals surface area contributed by atoms with Crippen LogP contribution in [0.1, 0.15) is 31.2 Å². The van der Waals surface area contributed by atoms with Gasteiger partial charge in [-0.3, -0.25) is 0 Å². The van der Waals surface area contributed by atoms with Gasteiger partial charge in [-0.15, -0.1) is 11.3 Å². The van der Waals surface area contributed by atoms with Gasteiger partial charge >= 0.3 is 0 Å². The average molecular weight is 276 g/mol. The van der Waals surface area contributed by atoms with Gasteiger partial charge in [-0.1, -0.05) is 18.2 Å². The molecular weight excluding hydrogens is 256 g/mol. The van der Waals surface area contributed by atoms with E-state index in [1.54, 1.807) is 11.3 Å². The van der Waals surface area contributed by atoms with Crippen LogP contribution in [0.15, 0.2) is 29.6 Å². The lowest BCUT2D eigenvalue weighted by molar-refractivity contribution is 0.00177. The molecule has 0 bridgehead atoms. The molecule has 3 rings (SSSR count). The maximum absolute atomic E-state index is 9.14. The molecule has 2 aromatic rings. The normalized spacial score (nSPS) is 23.8. The number of thiophene rings is 1. The van der Waals surface area contributed by atoms with E-state index >= 15 is 0 Å². The summed E-state index contributed by atoms with van der Waals surface area (Å²) in [7, 11) is 0. The van der Waals surface area contributed by atoms with Crippen LogP contribution in [-0.4, -0.2) is 17.8 Å². The molecule has 102 valence electrons. The van der Waals surface area contributed by atoms with Crippen LogP contribution in [0.3, 0.4) is 0 Å². The summed E-state index contributed by atoms with van der Waals surface area (Å²) in [6.07, 6.45) is 4.76. The highest BCUT2D eigenvalue weighted by Gasteiger charge is 2.21. The molecule has 0 aliphatic heterocycles. The summed E-state index contributed by atoms with van der Waals surface area (Å²) < 4.78 is 7.39. The summed E-state index contributed by atoms with van der Waals surface area (Å²) in [6.45, 7) is 1.06. The largest absolute Gasteiger partial charge is 0.396 e. The molecule has 19 heavy (non-hydrogen) atoms. The summed E-state index contributed by atoms with van der Waals surface area (Å²) in [5.41, 5.74) is 1.31. The van der Waals surface area contributed by atoms with Gasteiger partial charge in [0.2, 0.25) is 0 Å². The Balaban J connectivity index is 1.58. The standard InChI is InChI=1S/C16H20O2S/c17-9-12-5-7-14(8-6-12)18-10-13-11-19-16-4-2-1-3-15(13)16/h1-4,11-12,14,17H,5-10H2. The van der Waals surface area contributed by atoms with E-state index in [4.69, 9.17) is 9.84 Å². The predicted octanol–water partition coefficient (Wildman–Crippen LogP) is 3.97. The van der Waals surface area contributed by atoms with E-state index in [-0.39, 0.29) is 0 Å². The lowest BCUT2D eigenvalue weighted by Crippen LogP contribution is -2.23. The van der Waals surface area contributed by atoms with E-state index in [9.17, 15) is 0 Å². The molecule has 1 aromatic heterocycles. The second-order valence-electron chi connectivity index (χ2n) is 5.39. The molecule has 0 saturated heterocycles. The van der Waals surface area contributed by atoms with Crippen molar-refractivity contribution in [3.05, 3.63) is 35.2 Å². The zero-order chi connectivity index (χ0) is 13.1. The number of aliphatic hydroxyl groups excluding tert-OH is 1. The quantitative estimate of drug-likeness (QED) is 0.915. The first-order valence-corrected chi connectivity index (χ1v) is 7.92. The van der Waals surface area contributed by atoms with Crippen molar-refractivity contribution in [1.29, 1.82) is 0 Å². The Morgan fingerprint density at radius 3 is 2.74 bits per heavy atom. The fraction of sp³-hybridized carbons (Fsp3) is 0.500. The summed E-state index contributed by atoms with van der Waals surface area (Å²) in [5, 5.41) is 12.7. The maximum Gasteiger partial charge on any atom is 0.0734 e. The molecule has 1 N–H and O–H groups in total. The van der Waals surface area contributed by atoms with Gasteiger partial charge in [-0.2, -0.15) is 0 Å². The third-order valence-electron chi connectivity index (χ3n) is 4.09. The minimum absolute atomic E-state index is 0.335. The zero-order valence-electron chi connectivity index (χ0n) is 11.0. The van der Waals surface area contributed by atoms with Crippen molar-refractivity contribution in [2.45, 2.75) is 38.4 Å². The smallest absolute Gasteiger partial charge is 0.0734 e. The Hall–Kier alpha value is -0.900. The van der Waals surface area contributed by atoms with Crippen LogP contribution in [0.5, 0.6) is 0 Å². The SMILES string of the molecule is OCC1CCC(OCc2csc3ccccc23)CC1. The van der Waals surface area contributed by atoms with Crippen LogP contribution in [0.2, 0.25) is 0 Å². The van der Waals surface area contributed by atoms with Gasteiger partial charge < -0.3 is 9.84 Å². The minimum Gasteiger partial charge on any atom is -0.396 e. The van der Waals surface area contributed by atoms with Crippen LogP contribution in [0.4, 0.5) is 0 Å². The molecule has 1 aliphatic rings. The van der Waals surface area contributed by atoms with E-state index in [1.165, 1.54) is 15.6 Å². The van der Waals surface area contributed by atoms with Crippen LogP contribution in [-0.2, 0) is 11.3 Å². The predicted molar refractivity (Wildman–Crippen MR) is 79.4 cm³/mol. The Morgan fingerprint density at radius 2 is 1.95 bits per heavy atom. The van der Waals surface area contributed by atoms with Gasteiger partial charge in [-0.25, -0.2) is 0 Å². The number of aliphatic hydroxyl groups is 1. The van der Waals surface area contributed by atoms with Gasteiger partial charge in [-0.05, 0) is 54.0 Å². The van der Waals surface area contributed by atoms with Crippen LogP contribution in [0.25, 0.3) is 10.1 Å². The van der Waals surface area contributed by atoms with Gasteiger partial charge in [0.25, 0.3) is 0 Å². The molecule has 1 aliphatic carbocycles. The van der Waals surface area contributed by atoms with Crippen LogP contribution in [0, 0.1) is 5.92 Å². The first-order chi connectivity index (χ1) is 9.36. The molecule has 2 nitrogen and oxygen atoms in total. The molecule has 0 amide bonds. The minimum atomic E-state index is 0.335. The fourth-order valence-electron chi connectivity index (χ4n) is 2.83. The molecule has 1 heterocycles. The van der Waals surface area contributed by atoms with Gasteiger partial charge in [0.15, 0.2) is 0 Å². The van der Waals surface area contributed by atoms with E-state index in [0.717, 1.165) is 32.3 Å². The summed E-state index contributed by atoms with van der Waals surface area (Å²) in [6, 6.07) is 8.51. The van der Waals surface area contributed by atoms with Crippen LogP contribution < -0.4 is 0 Å². The lowest BCUT2D eigenvalue weighted by Gasteiger charge is -2.27. The Labute approximate surface area is 118 Å². The number of ether oxygens (including phenoxy) is 1. The number of rotatable bonds is 4. The molecular formula is C16H20O2S. The second-order valence-corrected chi connectivity index (χ2v) is 6.30. The zero-order valence-corrected chi connectivity index (χ0v) is 11.9. The number of fused-ring (bicyclic) bond motifs is 1. The van der Waals surface area contributed by atoms with E-state index < -0.39 is 0 Å². The second kappa shape index (κ2) is 6.04. The maximum atomic E-state index is 9.14. The molecule has 0 spiro atoms. The van der Waals surface area contributed by atoms with Gasteiger partial charge in [0.1, 0.15) is 0 Å². The summed E-state index contributed by atoms with van der Waals surface area (Å²) >= 11 is 1.79. The van der Waals surface area contributed by atoms with Crippen LogP contribution >= 0.6 is 11.3 Å². The van der Waals surface area contributed by atoms with Gasteiger partial charge in [0, 0.05) is 11.3 Å². The molecule has 0 radical (unpaired) electrons. The molecule has 3 heteroatoms. The number of hydrogen-bond acceptors (Lipinski definition) is 3. The lowest BCUT2D eigenvalue weighted by atomic mass is 9.88. The van der Waals surface area contributed by atoms with Crippen molar-refractivity contribution < 1.29 is 9.84 Å². The highest BCUT2D eigenvalue weighted by Crippen LogP contribution is 2.29. The molecule has 1 fully saturated rings. The van der Waals surface area contributed by atoms with Crippen molar-refractivity contribution in [3.8, 4) is 0 Å². The molecule has 1 saturated carbocycles. The first kappa shape index (κ1) is 13.1. The molecule has 0 atom stereocenters. The highest BCUT2D eigenvalue weighted by atomic mass is 32.1. The molecule has 0 unspecified atom stereocenters. The summed E-state index contributed by atoms with van der Waals surface area (Å²) in [4.78, 5) is 0. The van der Waals surface area contributed by atoms with Crippen molar-refractivity contribution in [2.24, 2.45) is 5.92 Å². The third kappa shape index (κ3) is 2.99. The molecule has 1 aromatic carbocycles. The summed E-state index contributed by atoms with van der Waals surface area (Å²) in [5.74, 6) is 0.502. The average Bonchev–Trinajstić information content (AvgIpc) is 2.89. The van der Waals surface area contributed by atoms with Crippen molar-refractivity contribution in [1.82, 2.24) is 0 Å². The Bertz CT molecular complexity index is 526.